The zero-order chi connectivity index (χ0) is 24.9. The number of carbonyl (C=O) groups is 4. The van der Waals surface area contributed by atoms with E-state index in [1.807, 2.05) is 0 Å². The fourth-order valence-corrected chi connectivity index (χ4v) is 3.59. The Morgan fingerprint density at radius 1 is 1.24 bits per heavy atom. The van der Waals surface area contributed by atoms with Crippen molar-refractivity contribution in [1.82, 2.24) is 15.5 Å². The number of hydrogen-bond donors (Lipinski definition) is 3. The monoisotopic (exact) mass is 481 g/mol. The van der Waals surface area contributed by atoms with E-state index in [2.05, 4.69) is 10.6 Å². The first-order valence-corrected chi connectivity index (χ1v) is 11.3. The first-order chi connectivity index (χ1) is 15.3. The van der Waals surface area contributed by atoms with Crippen molar-refractivity contribution in [1.29, 1.82) is 0 Å². The number of imide groups is 1. The van der Waals surface area contributed by atoms with Crippen LogP contribution in [0.2, 0.25) is 5.02 Å². The van der Waals surface area contributed by atoms with Gasteiger partial charge in [0.15, 0.2) is 0 Å². The van der Waals surface area contributed by atoms with Gasteiger partial charge >= 0.3 is 6.09 Å². The van der Waals surface area contributed by atoms with Gasteiger partial charge in [0.2, 0.25) is 5.91 Å². The lowest BCUT2D eigenvalue weighted by Gasteiger charge is -2.27. The van der Waals surface area contributed by atoms with Crippen LogP contribution in [0, 0.1) is 5.92 Å². The molecule has 0 spiro atoms. The van der Waals surface area contributed by atoms with Crippen LogP contribution in [0.5, 0.6) is 0 Å². The van der Waals surface area contributed by atoms with Crippen molar-refractivity contribution < 1.29 is 29.0 Å². The van der Waals surface area contributed by atoms with Gasteiger partial charge in [-0.15, -0.1) is 0 Å². The number of nitrogens with zero attached hydrogens (tertiary/aromatic N) is 1. The van der Waals surface area contributed by atoms with E-state index in [0.717, 1.165) is 0 Å². The average molecular weight is 482 g/mol. The summed E-state index contributed by atoms with van der Waals surface area (Å²) in [5.74, 6) is -2.16. The zero-order valence-electron chi connectivity index (χ0n) is 19.6. The standard InChI is InChI=1S/C23H32ClN3O6/c1-13(2)18(28)21(31)27-10-6-7-17(27)20(30)26-19(29)16-11-15(24)9-8-14(16)12-25-22(32)33-23(3,4)5/h8-9,11,13,17-18,28H,6-7,10,12H2,1-5H3,(H,25,32)(H,26,29,30)/t17-,18+/m0/s1. The van der Waals surface area contributed by atoms with Gasteiger partial charge in [0, 0.05) is 23.7 Å². The number of rotatable bonds is 6. The van der Waals surface area contributed by atoms with Gasteiger partial charge in [-0.25, -0.2) is 4.79 Å². The molecule has 0 aromatic heterocycles. The van der Waals surface area contributed by atoms with Crippen LogP contribution in [0.1, 0.15) is 63.4 Å². The third kappa shape index (κ3) is 7.43. The summed E-state index contributed by atoms with van der Waals surface area (Å²) >= 11 is 6.05. The minimum absolute atomic E-state index is 0.0162. The Bertz CT molecular complexity index is 912. The zero-order valence-corrected chi connectivity index (χ0v) is 20.4. The molecule has 0 bridgehead atoms. The van der Waals surface area contributed by atoms with Gasteiger partial charge in [-0.2, -0.15) is 0 Å². The van der Waals surface area contributed by atoms with E-state index in [4.69, 9.17) is 16.3 Å². The second-order valence-corrected chi connectivity index (χ2v) is 9.79. The summed E-state index contributed by atoms with van der Waals surface area (Å²) in [5.41, 5.74) is -0.125. The molecule has 3 N–H and O–H groups in total. The predicted octanol–water partition coefficient (Wildman–Crippen LogP) is 2.63. The fraction of sp³-hybridized carbons (Fsp3) is 0.565. The maximum Gasteiger partial charge on any atom is 0.407 e. The molecule has 1 aliphatic rings. The first kappa shape index (κ1) is 26.6. The van der Waals surface area contributed by atoms with E-state index < -0.39 is 41.6 Å². The van der Waals surface area contributed by atoms with Crippen molar-refractivity contribution in [2.75, 3.05) is 6.54 Å². The Labute approximate surface area is 198 Å². The van der Waals surface area contributed by atoms with Crippen LogP contribution < -0.4 is 10.6 Å². The van der Waals surface area contributed by atoms with E-state index in [-0.39, 0.29) is 23.0 Å². The van der Waals surface area contributed by atoms with Crippen molar-refractivity contribution in [2.45, 2.75) is 71.8 Å². The third-order valence-corrected chi connectivity index (χ3v) is 5.33. The molecule has 10 heteroatoms. The molecule has 1 saturated heterocycles. The molecule has 0 saturated carbocycles. The summed E-state index contributed by atoms with van der Waals surface area (Å²) in [4.78, 5) is 51.5. The topological polar surface area (TPSA) is 125 Å². The molecule has 0 radical (unpaired) electrons. The number of halogens is 1. The number of aliphatic hydroxyl groups is 1. The fourth-order valence-electron chi connectivity index (χ4n) is 3.42. The van der Waals surface area contributed by atoms with Gasteiger partial charge in [-0.05, 0) is 57.2 Å². The summed E-state index contributed by atoms with van der Waals surface area (Å²) in [5, 5.41) is 15.3. The van der Waals surface area contributed by atoms with E-state index in [9.17, 15) is 24.3 Å². The SMILES string of the molecule is CC(C)[C@@H](O)C(=O)N1CCC[C@H]1C(=O)NC(=O)c1cc(Cl)ccc1CNC(=O)OC(C)(C)C. The first-order valence-electron chi connectivity index (χ1n) is 10.9. The van der Waals surface area contributed by atoms with Gasteiger partial charge in [0.1, 0.15) is 17.7 Å². The molecule has 9 nitrogen and oxygen atoms in total. The minimum Gasteiger partial charge on any atom is -0.444 e. The molecule has 1 aliphatic heterocycles. The highest BCUT2D eigenvalue weighted by molar-refractivity contribution is 6.31. The molecule has 1 heterocycles. The van der Waals surface area contributed by atoms with Crippen LogP contribution >= 0.6 is 11.6 Å². The second-order valence-electron chi connectivity index (χ2n) is 9.35. The van der Waals surface area contributed by atoms with Crippen LogP contribution in [-0.2, 0) is 20.9 Å². The van der Waals surface area contributed by atoms with Crippen molar-refractivity contribution in [3.05, 3.63) is 34.3 Å². The minimum atomic E-state index is -1.22. The number of aliphatic hydroxyl groups excluding tert-OH is 1. The Balaban J connectivity index is 2.11. The second kappa shape index (κ2) is 11.0. The summed E-state index contributed by atoms with van der Waals surface area (Å²) < 4.78 is 5.20. The number of likely N-dealkylation sites (tertiary alicyclic amines) is 1. The molecule has 2 rings (SSSR count). The van der Waals surface area contributed by atoms with Crippen molar-refractivity contribution in [3.63, 3.8) is 0 Å². The van der Waals surface area contributed by atoms with Gasteiger partial charge in [-0.1, -0.05) is 31.5 Å². The molecule has 0 aliphatic carbocycles. The number of hydrogen-bond acceptors (Lipinski definition) is 6. The lowest BCUT2D eigenvalue weighted by atomic mass is 10.1. The number of benzene rings is 1. The maximum absolute atomic E-state index is 12.9. The molecule has 33 heavy (non-hydrogen) atoms. The summed E-state index contributed by atoms with van der Waals surface area (Å²) in [7, 11) is 0. The number of carbonyl (C=O) groups excluding carboxylic acids is 4. The van der Waals surface area contributed by atoms with Crippen LogP contribution in [0.4, 0.5) is 4.79 Å². The van der Waals surface area contributed by atoms with E-state index in [0.29, 0.717) is 24.9 Å². The van der Waals surface area contributed by atoms with Gasteiger partial charge in [0.25, 0.3) is 11.8 Å². The number of amides is 4. The summed E-state index contributed by atoms with van der Waals surface area (Å²) in [6, 6.07) is 3.69. The highest BCUT2D eigenvalue weighted by atomic mass is 35.5. The maximum atomic E-state index is 12.9. The molecule has 1 aromatic carbocycles. The number of nitrogens with one attached hydrogen (secondary N) is 2. The highest BCUT2D eigenvalue weighted by Gasteiger charge is 2.38. The molecular weight excluding hydrogens is 450 g/mol. The van der Waals surface area contributed by atoms with Crippen molar-refractivity contribution >= 4 is 35.4 Å². The molecule has 0 unspecified atom stereocenters. The molecule has 1 fully saturated rings. The Morgan fingerprint density at radius 2 is 1.91 bits per heavy atom. The predicted molar refractivity (Wildman–Crippen MR) is 123 cm³/mol. The molecule has 2 atom stereocenters. The molecule has 1 aromatic rings. The van der Waals surface area contributed by atoms with Crippen LogP contribution in [-0.4, -0.2) is 58.1 Å². The van der Waals surface area contributed by atoms with Crippen LogP contribution in [0.25, 0.3) is 0 Å². The summed E-state index contributed by atoms with van der Waals surface area (Å²) in [6.45, 7) is 8.94. The number of ether oxygens (including phenoxy) is 1. The summed E-state index contributed by atoms with van der Waals surface area (Å²) in [6.07, 6.45) is -0.889. The van der Waals surface area contributed by atoms with Crippen molar-refractivity contribution in [2.24, 2.45) is 5.92 Å². The molecular formula is C23H32ClN3O6. The average Bonchev–Trinajstić information content (AvgIpc) is 3.20. The Kier molecular flexibility index (Phi) is 8.85. The number of alkyl carbamates (subject to hydrolysis) is 1. The molecule has 4 amide bonds. The quantitative estimate of drug-likeness (QED) is 0.536. The third-order valence-electron chi connectivity index (χ3n) is 5.10. The molecule has 182 valence electrons. The van der Waals surface area contributed by atoms with Crippen LogP contribution in [0.15, 0.2) is 18.2 Å². The lowest BCUT2D eigenvalue weighted by Crippen LogP contribution is -2.51. The van der Waals surface area contributed by atoms with Gasteiger partial charge in [0.05, 0.1) is 0 Å². The van der Waals surface area contributed by atoms with Crippen LogP contribution in [0.3, 0.4) is 0 Å². The Hall–Kier alpha value is -2.65. The highest BCUT2D eigenvalue weighted by Crippen LogP contribution is 2.21. The van der Waals surface area contributed by atoms with E-state index in [1.165, 1.54) is 11.0 Å². The van der Waals surface area contributed by atoms with E-state index >= 15 is 0 Å². The van der Waals surface area contributed by atoms with Crippen molar-refractivity contribution in [3.8, 4) is 0 Å². The van der Waals surface area contributed by atoms with Gasteiger partial charge < -0.3 is 20.1 Å². The Morgan fingerprint density at radius 3 is 2.52 bits per heavy atom. The largest absolute Gasteiger partial charge is 0.444 e. The smallest absolute Gasteiger partial charge is 0.407 e. The lowest BCUT2D eigenvalue weighted by molar-refractivity contribution is -0.146. The normalized spacial score (nSPS) is 17.0. The van der Waals surface area contributed by atoms with Gasteiger partial charge in [-0.3, -0.25) is 19.7 Å². The van der Waals surface area contributed by atoms with E-state index in [1.54, 1.807) is 46.8 Å².